The first-order valence-corrected chi connectivity index (χ1v) is 9.42. The van der Waals surface area contributed by atoms with Crippen molar-refractivity contribution in [1.82, 2.24) is 9.97 Å². The van der Waals surface area contributed by atoms with Crippen LogP contribution in [0.3, 0.4) is 0 Å². The Labute approximate surface area is 153 Å². The zero-order valence-corrected chi connectivity index (χ0v) is 16.0. The summed E-state index contributed by atoms with van der Waals surface area (Å²) >= 11 is 1.56. The molecule has 0 bridgehead atoms. The summed E-state index contributed by atoms with van der Waals surface area (Å²) in [4.78, 5) is 22.3. The van der Waals surface area contributed by atoms with E-state index in [1.807, 2.05) is 7.05 Å². The van der Waals surface area contributed by atoms with E-state index >= 15 is 0 Å². The van der Waals surface area contributed by atoms with Crippen LogP contribution in [0.2, 0.25) is 0 Å². The first kappa shape index (κ1) is 19.2. The molecule has 2 rings (SSSR count). The molecule has 134 valence electrons. The third-order valence-electron chi connectivity index (χ3n) is 3.81. The first-order valence-electron chi connectivity index (χ1n) is 8.44. The summed E-state index contributed by atoms with van der Waals surface area (Å²) in [5.74, 6) is 0.802. The Kier molecular flexibility index (Phi) is 6.82. The molecule has 0 amide bonds. The molecule has 0 fully saturated rings. The summed E-state index contributed by atoms with van der Waals surface area (Å²) in [7, 11) is 2.04. The molecule has 2 aromatic rings. The summed E-state index contributed by atoms with van der Waals surface area (Å²) < 4.78 is 0. The maximum Gasteiger partial charge on any atom is 0.190 e. The van der Waals surface area contributed by atoms with Crippen molar-refractivity contribution in [3.8, 4) is 0 Å². The number of carboxylic acid groups (broad SMARTS) is 1. The fourth-order valence-corrected chi connectivity index (χ4v) is 3.14. The van der Waals surface area contributed by atoms with Crippen LogP contribution in [0.4, 0.5) is 5.82 Å². The summed E-state index contributed by atoms with van der Waals surface area (Å²) in [6, 6.07) is 8.79. The average molecular weight is 358 g/mol. The van der Waals surface area contributed by atoms with Gasteiger partial charge in [-0.05, 0) is 23.5 Å². The van der Waals surface area contributed by atoms with Gasteiger partial charge in [0.1, 0.15) is 5.82 Å². The maximum absolute atomic E-state index is 10.8. The van der Waals surface area contributed by atoms with E-state index in [1.165, 1.54) is 0 Å². The topological polar surface area (TPSA) is 69.2 Å². The van der Waals surface area contributed by atoms with Crippen LogP contribution in [0.1, 0.15) is 54.7 Å². The van der Waals surface area contributed by atoms with Crippen molar-refractivity contribution in [3.05, 3.63) is 47.2 Å². The molecule has 0 radical (unpaired) electrons. The molecular formula is C19H24N3O2S-. The van der Waals surface area contributed by atoms with Crippen molar-refractivity contribution >= 4 is 23.5 Å². The second kappa shape index (κ2) is 8.85. The number of aromatic carboxylic acids is 1. The van der Waals surface area contributed by atoms with Gasteiger partial charge in [0.25, 0.3) is 0 Å². The van der Waals surface area contributed by atoms with E-state index in [2.05, 4.69) is 41.7 Å². The van der Waals surface area contributed by atoms with E-state index in [4.69, 9.17) is 0 Å². The SMILES string of the molecule is CCCN(C)c1cc(C(C)C)nc(SCc2ccc(C(=O)[O-])cc2)n1. The Morgan fingerprint density at radius 3 is 2.48 bits per heavy atom. The zero-order chi connectivity index (χ0) is 18.4. The lowest BCUT2D eigenvalue weighted by molar-refractivity contribution is -0.255. The number of carbonyl (C=O) groups is 1. The number of hydrogen-bond donors (Lipinski definition) is 0. The number of aromatic nitrogens is 2. The number of rotatable bonds is 8. The summed E-state index contributed by atoms with van der Waals surface area (Å²) in [6.07, 6.45) is 1.06. The predicted molar refractivity (Wildman–Crippen MR) is 100 cm³/mol. The Bertz CT molecular complexity index is 717. The van der Waals surface area contributed by atoms with Crippen molar-refractivity contribution in [2.24, 2.45) is 0 Å². The number of hydrogen-bond acceptors (Lipinski definition) is 6. The molecule has 0 saturated heterocycles. The minimum atomic E-state index is -1.16. The van der Waals surface area contributed by atoms with Crippen LogP contribution < -0.4 is 10.0 Å². The normalized spacial score (nSPS) is 10.9. The molecule has 0 aliphatic rings. The zero-order valence-electron chi connectivity index (χ0n) is 15.2. The lowest BCUT2D eigenvalue weighted by Crippen LogP contribution is -2.21. The summed E-state index contributed by atoms with van der Waals surface area (Å²) in [6.45, 7) is 7.34. The molecule has 1 aromatic carbocycles. The van der Waals surface area contributed by atoms with Crippen LogP contribution >= 0.6 is 11.8 Å². The minimum absolute atomic E-state index is 0.190. The lowest BCUT2D eigenvalue weighted by atomic mass is 10.1. The van der Waals surface area contributed by atoms with Gasteiger partial charge < -0.3 is 14.8 Å². The number of carbonyl (C=O) groups excluding carboxylic acids is 1. The van der Waals surface area contributed by atoms with E-state index in [1.54, 1.807) is 36.0 Å². The average Bonchev–Trinajstić information content (AvgIpc) is 2.60. The van der Waals surface area contributed by atoms with Gasteiger partial charge in [-0.15, -0.1) is 0 Å². The van der Waals surface area contributed by atoms with E-state index in [-0.39, 0.29) is 5.56 Å². The first-order chi connectivity index (χ1) is 11.9. The lowest BCUT2D eigenvalue weighted by Gasteiger charge is -2.19. The summed E-state index contributed by atoms with van der Waals surface area (Å²) in [5, 5.41) is 11.6. The van der Waals surface area contributed by atoms with Crippen molar-refractivity contribution in [1.29, 1.82) is 0 Å². The van der Waals surface area contributed by atoms with Crippen LogP contribution in [0.25, 0.3) is 0 Å². The van der Waals surface area contributed by atoms with E-state index < -0.39 is 5.97 Å². The van der Waals surface area contributed by atoms with Gasteiger partial charge in [-0.3, -0.25) is 0 Å². The van der Waals surface area contributed by atoms with Gasteiger partial charge in [-0.25, -0.2) is 9.97 Å². The van der Waals surface area contributed by atoms with Gasteiger partial charge in [-0.2, -0.15) is 0 Å². The third kappa shape index (κ3) is 5.46. The van der Waals surface area contributed by atoms with Crippen LogP contribution in [-0.4, -0.2) is 29.5 Å². The van der Waals surface area contributed by atoms with E-state index in [0.29, 0.717) is 11.7 Å². The number of thioether (sulfide) groups is 1. The third-order valence-corrected chi connectivity index (χ3v) is 4.73. The molecular weight excluding hydrogens is 334 g/mol. The van der Waals surface area contributed by atoms with Gasteiger partial charge in [-0.1, -0.05) is 56.8 Å². The molecule has 0 spiro atoms. The molecule has 6 heteroatoms. The molecule has 0 N–H and O–H groups in total. The number of nitrogens with zero attached hydrogens (tertiary/aromatic N) is 3. The predicted octanol–water partition coefficient (Wildman–Crippen LogP) is 3.10. The molecule has 25 heavy (non-hydrogen) atoms. The maximum atomic E-state index is 10.8. The second-order valence-corrected chi connectivity index (χ2v) is 7.23. The molecule has 5 nitrogen and oxygen atoms in total. The standard InChI is InChI=1S/C19H25N3O2S/c1-5-10-22(4)17-11-16(13(2)3)20-19(21-17)25-12-14-6-8-15(9-7-14)18(23)24/h6-9,11,13H,5,10,12H2,1-4H3,(H,23,24)/p-1. The van der Waals surface area contributed by atoms with Crippen LogP contribution in [0, 0.1) is 0 Å². The Morgan fingerprint density at radius 2 is 1.92 bits per heavy atom. The Balaban J connectivity index is 2.15. The highest BCUT2D eigenvalue weighted by molar-refractivity contribution is 7.98. The van der Waals surface area contributed by atoms with Crippen LogP contribution in [0.5, 0.6) is 0 Å². The van der Waals surface area contributed by atoms with Gasteiger partial charge in [0.2, 0.25) is 0 Å². The van der Waals surface area contributed by atoms with Crippen molar-refractivity contribution in [3.63, 3.8) is 0 Å². The van der Waals surface area contributed by atoms with E-state index in [9.17, 15) is 9.90 Å². The molecule has 0 atom stereocenters. The van der Waals surface area contributed by atoms with Crippen molar-refractivity contribution in [2.45, 2.75) is 44.0 Å². The molecule has 1 aromatic heterocycles. The highest BCUT2D eigenvalue weighted by Gasteiger charge is 2.11. The van der Waals surface area contributed by atoms with Crippen molar-refractivity contribution in [2.75, 3.05) is 18.5 Å². The molecule has 0 aliphatic heterocycles. The Hall–Kier alpha value is -2.08. The quantitative estimate of drug-likeness (QED) is 0.533. The van der Waals surface area contributed by atoms with Crippen LogP contribution in [0.15, 0.2) is 35.5 Å². The van der Waals surface area contributed by atoms with Gasteiger partial charge in [0.05, 0.1) is 5.97 Å². The fourth-order valence-electron chi connectivity index (χ4n) is 2.32. The van der Waals surface area contributed by atoms with Gasteiger partial charge in [0.15, 0.2) is 5.16 Å². The molecule has 0 unspecified atom stereocenters. The Morgan fingerprint density at radius 1 is 1.24 bits per heavy atom. The second-order valence-electron chi connectivity index (χ2n) is 6.28. The molecule has 0 aliphatic carbocycles. The molecule has 1 heterocycles. The largest absolute Gasteiger partial charge is 0.545 e. The highest BCUT2D eigenvalue weighted by atomic mass is 32.2. The monoisotopic (exact) mass is 358 g/mol. The number of benzene rings is 1. The highest BCUT2D eigenvalue weighted by Crippen LogP contribution is 2.25. The van der Waals surface area contributed by atoms with Crippen LogP contribution in [-0.2, 0) is 5.75 Å². The fraction of sp³-hybridized carbons (Fsp3) is 0.421. The number of carboxylic acids is 1. The van der Waals surface area contributed by atoms with Crippen molar-refractivity contribution < 1.29 is 9.90 Å². The van der Waals surface area contributed by atoms with E-state index in [0.717, 1.165) is 35.2 Å². The van der Waals surface area contributed by atoms with Gasteiger partial charge >= 0.3 is 0 Å². The molecule has 0 saturated carbocycles. The number of anilines is 1. The summed E-state index contributed by atoms with van der Waals surface area (Å²) in [5.41, 5.74) is 2.25. The smallest absolute Gasteiger partial charge is 0.190 e. The minimum Gasteiger partial charge on any atom is -0.545 e. The van der Waals surface area contributed by atoms with Gasteiger partial charge in [0, 0.05) is 31.1 Å².